The molecule has 0 saturated heterocycles. The Kier molecular flexibility index (Phi) is 8.79. The van der Waals surface area contributed by atoms with Crippen molar-refractivity contribution in [1.82, 2.24) is 4.57 Å². The van der Waals surface area contributed by atoms with Crippen LogP contribution >= 0.6 is 11.8 Å². The molecule has 2 heterocycles. The predicted octanol–water partition coefficient (Wildman–Crippen LogP) is 15.3. The van der Waals surface area contributed by atoms with Gasteiger partial charge in [0.1, 0.15) is 18.1 Å². The number of fused-ring (bicyclic) bond motifs is 8. The van der Waals surface area contributed by atoms with Gasteiger partial charge >= 0.3 is 0 Å². The van der Waals surface area contributed by atoms with Crippen LogP contribution in [0.25, 0.3) is 82.4 Å². The first-order valence-electron chi connectivity index (χ1n) is 21.2. The van der Waals surface area contributed by atoms with E-state index in [1.165, 1.54) is 87.2 Å². The molecule has 1 aliphatic heterocycles. The molecule has 3 nitrogen and oxygen atoms in total. The average molecular weight is 813 g/mol. The molecule has 1 aliphatic carbocycles. The van der Waals surface area contributed by atoms with Crippen LogP contribution in [0.3, 0.4) is 0 Å². The monoisotopic (exact) mass is 812 g/mol. The van der Waals surface area contributed by atoms with Crippen LogP contribution in [0.5, 0.6) is 0 Å². The molecule has 10 aromatic rings. The maximum absolute atomic E-state index is 6.83. The molecule has 9 aromatic carbocycles. The first kappa shape index (κ1) is 36.5. The quantitative estimate of drug-likeness (QED) is 0.143. The first-order chi connectivity index (χ1) is 30.7. The summed E-state index contributed by atoms with van der Waals surface area (Å²) in [6.07, 6.45) is 4.34. The van der Waals surface area contributed by atoms with E-state index in [9.17, 15) is 0 Å². The molecule has 0 spiro atoms. The predicted molar refractivity (Wildman–Crippen MR) is 261 cm³/mol. The van der Waals surface area contributed by atoms with Crippen molar-refractivity contribution in [3.8, 4) is 39.1 Å². The molecule has 2 unspecified atom stereocenters. The minimum absolute atomic E-state index is 0.0562. The molecule has 12 rings (SSSR count). The number of hydrogen-bond donors (Lipinski definition) is 0. The van der Waals surface area contributed by atoms with Gasteiger partial charge in [-0.1, -0.05) is 152 Å². The summed E-state index contributed by atoms with van der Waals surface area (Å²) in [5.74, 6) is 0.945. The Balaban J connectivity index is 0.875. The van der Waals surface area contributed by atoms with E-state index >= 15 is 0 Å². The van der Waals surface area contributed by atoms with Crippen molar-refractivity contribution in [2.45, 2.75) is 22.7 Å². The van der Waals surface area contributed by atoms with Gasteiger partial charge in [-0.2, -0.15) is 0 Å². The number of ether oxygens (including phenoxy) is 1. The van der Waals surface area contributed by atoms with Gasteiger partial charge in [-0.05, 0) is 127 Å². The van der Waals surface area contributed by atoms with E-state index in [1.807, 2.05) is 11.8 Å². The Bertz CT molecular complexity index is 3450. The molecule has 0 fully saturated rings. The summed E-state index contributed by atoms with van der Waals surface area (Å²) >= 11 is 1.90. The van der Waals surface area contributed by atoms with Crippen LogP contribution in [0.15, 0.2) is 228 Å². The van der Waals surface area contributed by atoms with Gasteiger partial charge in [-0.25, -0.2) is 0 Å². The van der Waals surface area contributed by atoms with Crippen LogP contribution in [0.4, 0.5) is 0 Å². The number of thioether (sulfide) groups is 1. The van der Waals surface area contributed by atoms with Crippen LogP contribution < -0.4 is 0 Å². The molecule has 1 aromatic heterocycles. The average Bonchev–Trinajstić information content (AvgIpc) is 3.88. The van der Waals surface area contributed by atoms with Gasteiger partial charge in [-0.15, -0.1) is 11.8 Å². The highest BCUT2D eigenvalue weighted by Gasteiger charge is 2.39. The van der Waals surface area contributed by atoms with Gasteiger partial charge in [0.25, 0.3) is 0 Å². The summed E-state index contributed by atoms with van der Waals surface area (Å²) in [4.78, 5) is 5.75. The largest absolute Gasteiger partial charge is 0.490 e. The van der Waals surface area contributed by atoms with E-state index in [-0.39, 0.29) is 11.2 Å². The summed E-state index contributed by atoms with van der Waals surface area (Å²) in [5, 5.41) is 7.68. The summed E-state index contributed by atoms with van der Waals surface area (Å²) < 4.78 is 9.25. The van der Waals surface area contributed by atoms with Crippen molar-refractivity contribution in [2.75, 3.05) is 0 Å². The molecule has 294 valence electrons. The van der Waals surface area contributed by atoms with Gasteiger partial charge in [-0.3, -0.25) is 4.99 Å². The van der Waals surface area contributed by atoms with Crippen molar-refractivity contribution < 1.29 is 4.74 Å². The SMILES string of the molecule is C=NC1=C(OCc2ccc(-c3cccc4c3c3cc5ccccc5cc3n4-c3ccc(-c4ccccc4)cc3)cc2)C2c3cc(-c4ccc5ccccc5c4)ccc3SC2C=C1. The molecule has 0 saturated carbocycles. The van der Waals surface area contributed by atoms with Crippen LogP contribution in [-0.2, 0) is 11.3 Å². The van der Waals surface area contributed by atoms with Crippen molar-refractivity contribution in [3.05, 3.63) is 229 Å². The normalized spacial score (nSPS) is 15.7. The van der Waals surface area contributed by atoms with Crippen molar-refractivity contribution in [1.29, 1.82) is 0 Å². The van der Waals surface area contributed by atoms with E-state index in [2.05, 4.69) is 223 Å². The zero-order valence-corrected chi connectivity index (χ0v) is 34.7. The number of benzene rings is 9. The lowest BCUT2D eigenvalue weighted by Gasteiger charge is -2.26. The van der Waals surface area contributed by atoms with E-state index < -0.39 is 0 Å². The van der Waals surface area contributed by atoms with Crippen LogP contribution in [0.2, 0.25) is 0 Å². The molecular formula is C58H40N2OS. The van der Waals surface area contributed by atoms with Gasteiger partial charge < -0.3 is 9.30 Å². The summed E-state index contributed by atoms with van der Waals surface area (Å²) in [6.45, 7) is 4.39. The molecule has 0 bridgehead atoms. The van der Waals surface area contributed by atoms with E-state index in [1.54, 1.807) is 0 Å². The Morgan fingerprint density at radius 3 is 2.00 bits per heavy atom. The molecule has 0 N–H and O–H groups in total. The lowest BCUT2D eigenvalue weighted by atomic mass is 9.87. The maximum Gasteiger partial charge on any atom is 0.131 e. The van der Waals surface area contributed by atoms with E-state index in [0.717, 1.165) is 22.7 Å². The fourth-order valence-corrected chi connectivity index (χ4v) is 11.0. The van der Waals surface area contributed by atoms with Crippen LogP contribution in [-0.4, -0.2) is 16.5 Å². The molecule has 4 heteroatoms. The Morgan fingerprint density at radius 2 is 1.21 bits per heavy atom. The Hall–Kier alpha value is -7.40. The highest BCUT2D eigenvalue weighted by atomic mass is 32.2. The fourth-order valence-electron chi connectivity index (χ4n) is 9.65. The number of allylic oxidation sites excluding steroid dienone is 2. The van der Waals surface area contributed by atoms with Crippen LogP contribution in [0.1, 0.15) is 17.0 Å². The second-order valence-electron chi connectivity index (χ2n) is 16.3. The fraction of sp³-hybridized carbons (Fsp3) is 0.0517. The minimum Gasteiger partial charge on any atom is -0.490 e. The highest BCUT2D eigenvalue weighted by Crippen LogP contribution is 2.53. The topological polar surface area (TPSA) is 26.5 Å². The number of aliphatic imine (C=N–C) groups is 1. The number of hydrogen-bond acceptors (Lipinski definition) is 3. The first-order valence-corrected chi connectivity index (χ1v) is 22.1. The van der Waals surface area contributed by atoms with Gasteiger partial charge in [0, 0.05) is 26.6 Å². The van der Waals surface area contributed by atoms with Gasteiger partial charge in [0.15, 0.2) is 0 Å². The third-order valence-electron chi connectivity index (χ3n) is 12.7. The molecular weight excluding hydrogens is 773 g/mol. The number of aromatic nitrogens is 1. The highest BCUT2D eigenvalue weighted by molar-refractivity contribution is 8.00. The van der Waals surface area contributed by atoms with E-state index in [0.29, 0.717) is 6.61 Å². The molecule has 2 atom stereocenters. The molecule has 2 aliphatic rings. The maximum atomic E-state index is 6.83. The van der Waals surface area contributed by atoms with Crippen molar-refractivity contribution in [3.63, 3.8) is 0 Å². The summed E-state index contributed by atoms with van der Waals surface area (Å²) in [5.41, 5.74) is 13.9. The third-order valence-corrected chi connectivity index (χ3v) is 14.0. The second-order valence-corrected chi connectivity index (χ2v) is 17.5. The van der Waals surface area contributed by atoms with Crippen molar-refractivity contribution >= 4 is 61.8 Å². The third kappa shape index (κ3) is 6.17. The minimum atomic E-state index is 0.0562. The second kappa shape index (κ2) is 14.9. The summed E-state index contributed by atoms with van der Waals surface area (Å²) in [6, 6.07) is 70.7. The van der Waals surface area contributed by atoms with E-state index in [4.69, 9.17) is 4.74 Å². The van der Waals surface area contributed by atoms with Gasteiger partial charge in [0.2, 0.25) is 0 Å². The standard InChI is InChI=1S/C58H40N2OS/c1-59-51-29-31-55-57(50-34-46(26-30-54(50)62-55)45-23-22-39-12-5-6-13-42(39)32-45)58(51)61-36-37-18-20-41(21-19-37)48-16-9-17-52-56(48)49-33-43-14-7-8-15-44(43)35-53(49)60(52)47-27-24-40(25-28-47)38-10-3-2-4-11-38/h2-35,55,57H,1,36H2. The molecule has 62 heavy (non-hydrogen) atoms. The lowest BCUT2D eigenvalue weighted by Crippen LogP contribution is -2.17. The molecule has 0 amide bonds. The Morgan fingerprint density at radius 1 is 0.548 bits per heavy atom. The zero-order valence-electron chi connectivity index (χ0n) is 33.9. The Labute approximate surface area is 365 Å². The summed E-state index contributed by atoms with van der Waals surface area (Å²) in [7, 11) is 0. The van der Waals surface area contributed by atoms with Crippen LogP contribution in [0, 0.1) is 0 Å². The number of rotatable bonds is 8. The number of nitrogens with zero attached hydrogens (tertiary/aromatic N) is 2. The lowest BCUT2D eigenvalue weighted by molar-refractivity contribution is 0.177. The zero-order chi connectivity index (χ0) is 41.1. The van der Waals surface area contributed by atoms with Gasteiger partial charge in [0.05, 0.1) is 17.0 Å². The molecule has 0 radical (unpaired) electrons. The van der Waals surface area contributed by atoms with Crippen molar-refractivity contribution in [2.24, 2.45) is 4.99 Å². The smallest absolute Gasteiger partial charge is 0.131 e.